The standard InChI is InChI=1S/C33H35ClFN7O3S.C2HF3O2/c34-27-15-23(4-7-29(27)45-19-21-2-1-3-22(35)14-21)39-32-30-25-5-6-28-26(31(25)46-33(30)38-20-37-32)18-42(40-28)17-24(43)16-36-8-9-41-10-12-44-13-11-41;3-2(4,5)1(6)7/h1-4,7,14-15,18,20,24,36,43H,5-6,8-13,16-17,19H2,(H,37,38,39);(H,6,7). The van der Waals surface area contributed by atoms with Gasteiger partial charge in [-0.15, -0.1) is 11.3 Å². The van der Waals surface area contributed by atoms with Crippen LogP contribution in [0.2, 0.25) is 5.02 Å². The van der Waals surface area contributed by atoms with Gasteiger partial charge >= 0.3 is 12.1 Å². The molecule has 282 valence electrons. The van der Waals surface area contributed by atoms with Gasteiger partial charge in [-0.3, -0.25) is 9.58 Å². The first-order valence-corrected chi connectivity index (χ1v) is 17.9. The predicted octanol–water partition coefficient (Wildman–Crippen LogP) is 5.68. The lowest BCUT2D eigenvalue weighted by atomic mass is 9.95. The topological polar surface area (TPSA) is 147 Å². The highest BCUT2D eigenvalue weighted by atomic mass is 35.5. The average Bonchev–Trinajstić information content (AvgIpc) is 3.72. The molecule has 1 unspecified atom stereocenters. The van der Waals surface area contributed by atoms with Crippen LogP contribution in [0.25, 0.3) is 20.7 Å². The molecule has 5 aromatic rings. The smallest absolute Gasteiger partial charge is 0.487 e. The Hall–Kier alpha value is -4.39. The zero-order chi connectivity index (χ0) is 37.5. The van der Waals surface area contributed by atoms with E-state index in [0.29, 0.717) is 29.7 Å². The summed E-state index contributed by atoms with van der Waals surface area (Å²) in [5.74, 6) is -1.84. The number of aromatic nitrogens is 4. The molecule has 0 amide bonds. The molecule has 2 aliphatic rings. The summed E-state index contributed by atoms with van der Waals surface area (Å²) < 4.78 is 58.4. The summed E-state index contributed by atoms with van der Waals surface area (Å²) in [6.45, 7) is 6.43. The van der Waals surface area contributed by atoms with Crippen molar-refractivity contribution in [1.82, 2.24) is 30.0 Å². The number of rotatable bonds is 12. The summed E-state index contributed by atoms with van der Waals surface area (Å²) in [7, 11) is 0. The second-order valence-corrected chi connectivity index (χ2v) is 13.7. The Bertz CT molecular complexity index is 2040. The summed E-state index contributed by atoms with van der Waals surface area (Å²) in [4.78, 5) is 22.5. The Morgan fingerprint density at radius 2 is 1.92 bits per heavy atom. The van der Waals surface area contributed by atoms with Gasteiger partial charge in [-0.2, -0.15) is 18.3 Å². The Morgan fingerprint density at radius 3 is 2.66 bits per heavy atom. The molecule has 3 aromatic heterocycles. The van der Waals surface area contributed by atoms with E-state index in [1.54, 1.807) is 41.9 Å². The van der Waals surface area contributed by atoms with E-state index in [1.165, 1.54) is 17.7 Å². The van der Waals surface area contributed by atoms with Gasteiger partial charge in [0.15, 0.2) is 0 Å². The lowest BCUT2D eigenvalue weighted by Crippen LogP contribution is -2.41. The number of aliphatic hydroxyl groups is 1. The minimum absolute atomic E-state index is 0.210. The lowest BCUT2D eigenvalue weighted by Gasteiger charge is -2.26. The summed E-state index contributed by atoms with van der Waals surface area (Å²) in [5, 5.41) is 30.9. The maximum Gasteiger partial charge on any atom is 0.490 e. The van der Waals surface area contributed by atoms with Gasteiger partial charge in [-0.05, 0) is 54.3 Å². The van der Waals surface area contributed by atoms with Crippen LogP contribution in [0.15, 0.2) is 55.0 Å². The van der Waals surface area contributed by atoms with Crippen molar-refractivity contribution in [3.8, 4) is 16.2 Å². The molecule has 18 heteroatoms. The van der Waals surface area contributed by atoms with Gasteiger partial charge in [0.2, 0.25) is 0 Å². The molecular formula is C35H36ClF4N7O5S. The van der Waals surface area contributed by atoms with Crippen LogP contribution in [0.1, 0.15) is 16.8 Å². The number of alkyl halides is 3. The number of fused-ring (bicyclic) bond motifs is 5. The van der Waals surface area contributed by atoms with Crippen molar-refractivity contribution < 1.29 is 42.0 Å². The summed E-state index contributed by atoms with van der Waals surface area (Å²) in [6, 6.07) is 11.8. The first kappa shape index (κ1) is 38.3. The molecule has 1 aliphatic carbocycles. The number of carboxylic acid groups (broad SMARTS) is 1. The highest BCUT2D eigenvalue weighted by Crippen LogP contribution is 2.45. The van der Waals surface area contributed by atoms with Crippen LogP contribution in [0.5, 0.6) is 5.75 Å². The molecule has 1 saturated heterocycles. The van der Waals surface area contributed by atoms with E-state index in [9.17, 15) is 22.7 Å². The molecule has 0 spiro atoms. The number of thiophene rings is 1. The van der Waals surface area contributed by atoms with Crippen molar-refractivity contribution in [2.45, 2.75) is 38.3 Å². The zero-order valence-electron chi connectivity index (χ0n) is 28.2. The molecule has 0 radical (unpaired) electrons. The second kappa shape index (κ2) is 17.2. The zero-order valence-corrected chi connectivity index (χ0v) is 29.8. The molecule has 4 heterocycles. The van der Waals surface area contributed by atoms with Crippen molar-refractivity contribution in [2.75, 3.05) is 51.3 Å². The van der Waals surface area contributed by atoms with Crippen LogP contribution in [0.3, 0.4) is 0 Å². The van der Waals surface area contributed by atoms with Crippen LogP contribution in [-0.2, 0) is 35.5 Å². The normalized spacial score (nSPS) is 14.9. The van der Waals surface area contributed by atoms with E-state index in [0.717, 1.165) is 89.8 Å². The number of carboxylic acids is 1. The fourth-order valence-electron chi connectivity index (χ4n) is 5.95. The third kappa shape index (κ3) is 9.98. The van der Waals surface area contributed by atoms with E-state index in [2.05, 4.69) is 25.5 Å². The van der Waals surface area contributed by atoms with Crippen LogP contribution in [0.4, 0.5) is 29.1 Å². The molecule has 0 bridgehead atoms. The number of halogens is 5. The number of nitrogens with one attached hydrogen (secondary N) is 2. The van der Waals surface area contributed by atoms with Crippen molar-refractivity contribution in [3.05, 3.63) is 82.6 Å². The van der Waals surface area contributed by atoms with E-state index < -0.39 is 18.2 Å². The SMILES string of the molecule is O=C(O)C(F)(F)F.OC(CNCCN1CCOCC1)Cn1cc2c(n1)CCc1c-2sc2ncnc(Nc3ccc(OCc4cccc(F)c4)c(Cl)c3)c12. The van der Waals surface area contributed by atoms with Crippen LogP contribution in [0, 0.1) is 5.82 Å². The molecule has 2 aromatic carbocycles. The molecule has 4 N–H and O–H groups in total. The highest BCUT2D eigenvalue weighted by molar-refractivity contribution is 7.22. The van der Waals surface area contributed by atoms with Gasteiger partial charge in [0.25, 0.3) is 0 Å². The summed E-state index contributed by atoms with van der Waals surface area (Å²) >= 11 is 8.20. The van der Waals surface area contributed by atoms with Gasteiger partial charge in [0.05, 0.1) is 42.0 Å². The van der Waals surface area contributed by atoms with Gasteiger partial charge in [-0.25, -0.2) is 19.2 Å². The number of aliphatic carboxylic acids is 1. The molecule has 12 nitrogen and oxygen atoms in total. The second-order valence-electron chi connectivity index (χ2n) is 12.3. The maximum absolute atomic E-state index is 13.5. The number of ether oxygens (including phenoxy) is 2. The number of aryl methyl sites for hydroxylation is 2. The number of morpholine rings is 1. The largest absolute Gasteiger partial charge is 0.490 e. The van der Waals surface area contributed by atoms with Crippen molar-refractivity contribution in [2.24, 2.45) is 0 Å². The Morgan fingerprint density at radius 1 is 1.13 bits per heavy atom. The molecule has 53 heavy (non-hydrogen) atoms. The number of nitrogens with zero attached hydrogens (tertiary/aromatic N) is 5. The van der Waals surface area contributed by atoms with E-state index in [-0.39, 0.29) is 12.4 Å². The fourth-order valence-corrected chi connectivity index (χ4v) is 7.40. The van der Waals surface area contributed by atoms with Gasteiger partial charge in [0, 0.05) is 55.0 Å². The van der Waals surface area contributed by atoms with Gasteiger partial charge in [0.1, 0.15) is 35.1 Å². The quantitative estimate of drug-likeness (QED) is 0.0917. The van der Waals surface area contributed by atoms with Crippen LogP contribution >= 0.6 is 22.9 Å². The predicted molar refractivity (Wildman–Crippen MR) is 191 cm³/mol. The number of anilines is 2. The van der Waals surface area contributed by atoms with Crippen LogP contribution in [-0.4, -0.2) is 99.0 Å². The number of hydrogen-bond donors (Lipinski definition) is 4. The molecular weight excluding hydrogens is 742 g/mol. The minimum atomic E-state index is -5.08. The fraction of sp³-hybridized carbons (Fsp3) is 0.371. The van der Waals surface area contributed by atoms with Crippen molar-refractivity contribution in [3.63, 3.8) is 0 Å². The van der Waals surface area contributed by atoms with Crippen LogP contribution < -0.4 is 15.4 Å². The molecule has 7 rings (SSSR count). The Kier molecular flexibility index (Phi) is 12.4. The van der Waals surface area contributed by atoms with E-state index in [4.69, 9.17) is 36.1 Å². The molecule has 1 atom stereocenters. The van der Waals surface area contributed by atoms with E-state index >= 15 is 0 Å². The van der Waals surface area contributed by atoms with Gasteiger partial charge < -0.3 is 30.3 Å². The third-order valence-electron chi connectivity index (χ3n) is 8.49. The minimum Gasteiger partial charge on any atom is -0.487 e. The highest BCUT2D eigenvalue weighted by Gasteiger charge is 2.38. The maximum atomic E-state index is 13.5. The Labute approximate surface area is 310 Å². The summed E-state index contributed by atoms with van der Waals surface area (Å²) in [5.41, 5.74) is 4.81. The molecule has 1 aliphatic heterocycles. The van der Waals surface area contributed by atoms with Crippen molar-refractivity contribution >= 4 is 50.6 Å². The Balaban J connectivity index is 0.000000626. The van der Waals surface area contributed by atoms with Crippen molar-refractivity contribution in [1.29, 1.82) is 0 Å². The lowest BCUT2D eigenvalue weighted by molar-refractivity contribution is -0.192. The van der Waals surface area contributed by atoms with E-state index in [1.807, 2.05) is 16.9 Å². The molecule has 0 saturated carbocycles. The van der Waals surface area contributed by atoms with Gasteiger partial charge in [-0.1, -0.05) is 23.7 Å². The number of carbonyl (C=O) groups is 1. The number of benzene rings is 2. The monoisotopic (exact) mass is 777 g/mol. The third-order valence-corrected chi connectivity index (χ3v) is 9.96. The first-order valence-electron chi connectivity index (χ1n) is 16.7. The first-order chi connectivity index (χ1) is 25.4. The average molecular weight is 778 g/mol. The number of aliphatic hydroxyl groups excluding tert-OH is 1. The summed E-state index contributed by atoms with van der Waals surface area (Å²) in [6.07, 6.45) is -0.396. The number of hydrogen-bond acceptors (Lipinski definition) is 11. The molecule has 1 fully saturated rings.